The fourth-order valence-electron chi connectivity index (χ4n) is 4.63. The summed E-state index contributed by atoms with van der Waals surface area (Å²) in [4.78, 5) is 29.6. The number of carbonyl (C=O) groups excluding carboxylic acids is 2. The summed E-state index contributed by atoms with van der Waals surface area (Å²) in [5, 5.41) is 5.11. The van der Waals surface area contributed by atoms with Crippen LogP contribution in [0.1, 0.15) is 32.0 Å². The average molecular weight is 564 g/mol. The van der Waals surface area contributed by atoms with Crippen molar-refractivity contribution in [2.45, 2.75) is 6.92 Å². The third-order valence-corrected chi connectivity index (χ3v) is 6.64. The van der Waals surface area contributed by atoms with E-state index >= 15 is 0 Å². The highest BCUT2D eigenvalue weighted by Crippen LogP contribution is 2.38. The number of hydrogen-bond acceptors (Lipinski definition) is 7. The number of nitrogens with one attached hydrogen (secondary N) is 2. The molecule has 9 heteroatoms. The zero-order valence-electron chi connectivity index (χ0n) is 23.6. The second kappa shape index (κ2) is 12.3. The summed E-state index contributed by atoms with van der Waals surface area (Å²) in [7, 11) is 4.41. The van der Waals surface area contributed by atoms with Gasteiger partial charge in [0.25, 0.3) is 5.91 Å². The molecule has 5 aromatic rings. The minimum atomic E-state index is -0.639. The van der Waals surface area contributed by atoms with Crippen molar-refractivity contribution >= 4 is 29.0 Å². The minimum Gasteiger partial charge on any atom is -0.493 e. The number of benzene rings is 4. The van der Waals surface area contributed by atoms with Gasteiger partial charge < -0.3 is 23.9 Å². The Labute approximate surface area is 242 Å². The van der Waals surface area contributed by atoms with E-state index in [2.05, 4.69) is 15.5 Å². The van der Waals surface area contributed by atoms with Crippen LogP contribution in [0.2, 0.25) is 0 Å². The first-order chi connectivity index (χ1) is 20.4. The van der Waals surface area contributed by atoms with Crippen LogP contribution in [0, 0.1) is 6.92 Å². The lowest BCUT2D eigenvalue weighted by Crippen LogP contribution is -2.19. The largest absolute Gasteiger partial charge is 0.493 e. The maximum atomic E-state index is 13.3. The van der Waals surface area contributed by atoms with Gasteiger partial charge in [-0.25, -0.2) is 10.2 Å². The van der Waals surface area contributed by atoms with Gasteiger partial charge in [0.05, 0.1) is 33.1 Å². The molecule has 9 nitrogen and oxygen atoms in total. The predicted octanol–water partition coefficient (Wildman–Crippen LogP) is 6.15. The molecule has 4 aromatic carbocycles. The zero-order chi connectivity index (χ0) is 29.6. The molecule has 0 spiro atoms. The van der Waals surface area contributed by atoms with E-state index in [0.29, 0.717) is 28.5 Å². The molecule has 0 atom stereocenters. The number of hydrazone groups is 1. The predicted molar refractivity (Wildman–Crippen MR) is 161 cm³/mol. The number of esters is 1. The molecular formula is C33H29N3O6. The van der Waals surface area contributed by atoms with E-state index in [1.807, 2.05) is 55.5 Å². The molecule has 0 aliphatic heterocycles. The van der Waals surface area contributed by atoms with Gasteiger partial charge in [0.15, 0.2) is 11.5 Å². The van der Waals surface area contributed by atoms with Crippen molar-refractivity contribution < 1.29 is 28.5 Å². The van der Waals surface area contributed by atoms with Crippen LogP contribution in [0.4, 0.5) is 0 Å². The van der Waals surface area contributed by atoms with Gasteiger partial charge >= 0.3 is 5.97 Å². The number of aromatic amines is 1. The molecule has 0 saturated heterocycles. The lowest BCUT2D eigenvalue weighted by molar-refractivity contribution is 0.0733. The third-order valence-electron chi connectivity index (χ3n) is 6.64. The number of ether oxygens (including phenoxy) is 4. The molecule has 0 aliphatic carbocycles. The number of para-hydroxylation sites is 1. The number of aryl methyl sites for hydroxylation is 1. The number of rotatable bonds is 9. The summed E-state index contributed by atoms with van der Waals surface area (Å²) in [6.07, 6.45) is 1.42. The van der Waals surface area contributed by atoms with E-state index in [0.717, 1.165) is 27.6 Å². The molecule has 2 N–H and O–H groups in total. The summed E-state index contributed by atoms with van der Waals surface area (Å²) < 4.78 is 21.7. The number of nitrogens with zero attached hydrogens (tertiary/aromatic N) is 1. The molecule has 1 amide bonds. The second-order valence-electron chi connectivity index (χ2n) is 9.33. The van der Waals surface area contributed by atoms with E-state index in [-0.39, 0.29) is 11.3 Å². The highest BCUT2D eigenvalue weighted by molar-refractivity contribution is 6.10. The van der Waals surface area contributed by atoms with Crippen molar-refractivity contribution in [1.82, 2.24) is 10.4 Å². The van der Waals surface area contributed by atoms with Crippen molar-refractivity contribution in [3.8, 4) is 34.1 Å². The molecule has 5 rings (SSSR count). The van der Waals surface area contributed by atoms with Gasteiger partial charge in [-0.1, -0.05) is 54.1 Å². The van der Waals surface area contributed by atoms with Crippen LogP contribution in [0.25, 0.3) is 22.0 Å². The van der Waals surface area contributed by atoms with Crippen LogP contribution in [0.5, 0.6) is 23.0 Å². The van der Waals surface area contributed by atoms with Crippen LogP contribution in [0.15, 0.2) is 90.0 Å². The smallest absolute Gasteiger partial charge is 0.343 e. The molecule has 42 heavy (non-hydrogen) atoms. The van der Waals surface area contributed by atoms with Crippen LogP contribution in [-0.2, 0) is 0 Å². The van der Waals surface area contributed by atoms with Crippen molar-refractivity contribution in [3.05, 3.63) is 107 Å². The maximum absolute atomic E-state index is 13.3. The second-order valence-corrected chi connectivity index (χ2v) is 9.33. The van der Waals surface area contributed by atoms with E-state index in [9.17, 15) is 9.59 Å². The number of H-pyrrole nitrogens is 1. The number of fused-ring (bicyclic) bond motifs is 1. The average Bonchev–Trinajstić information content (AvgIpc) is 3.40. The number of hydrogen-bond donors (Lipinski definition) is 2. The van der Waals surface area contributed by atoms with Gasteiger partial charge in [-0.05, 0) is 48.9 Å². The molecule has 0 saturated carbocycles. The Morgan fingerprint density at radius 2 is 1.50 bits per heavy atom. The number of amides is 1. The third kappa shape index (κ3) is 5.66. The summed E-state index contributed by atoms with van der Waals surface area (Å²) in [5.74, 6) is 0.207. The molecule has 0 unspecified atom stereocenters. The van der Waals surface area contributed by atoms with Gasteiger partial charge in [0.1, 0.15) is 11.4 Å². The number of carbonyl (C=O) groups is 2. The topological polar surface area (TPSA) is 111 Å². The quantitative estimate of drug-likeness (QED) is 0.0963. The molecule has 0 bridgehead atoms. The zero-order valence-corrected chi connectivity index (χ0v) is 23.6. The van der Waals surface area contributed by atoms with Crippen LogP contribution < -0.4 is 24.4 Å². The molecular weight excluding hydrogens is 534 g/mol. The molecule has 1 heterocycles. The first kappa shape index (κ1) is 28.0. The highest BCUT2D eigenvalue weighted by Gasteiger charge is 2.20. The fourth-order valence-corrected chi connectivity index (χ4v) is 4.63. The minimum absolute atomic E-state index is 0.201. The van der Waals surface area contributed by atoms with Gasteiger partial charge in [0.2, 0.25) is 5.75 Å². The highest BCUT2D eigenvalue weighted by atomic mass is 16.5. The molecule has 0 radical (unpaired) electrons. The molecule has 0 aliphatic rings. The first-order valence-electron chi connectivity index (χ1n) is 13.1. The summed E-state index contributed by atoms with van der Waals surface area (Å²) in [6.45, 7) is 2.01. The van der Waals surface area contributed by atoms with Crippen molar-refractivity contribution in [3.63, 3.8) is 0 Å². The Bertz CT molecular complexity index is 1770. The maximum Gasteiger partial charge on any atom is 0.343 e. The lowest BCUT2D eigenvalue weighted by atomic mass is 10.0. The van der Waals surface area contributed by atoms with Crippen molar-refractivity contribution in [2.24, 2.45) is 5.10 Å². The summed E-state index contributed by atoms with van der Waals surface area (Å²) in [6, 6.07) is 25.6. The first-order valence-corrected chi connectivity index (χ1v) is 13.1. The standard InChI is InChI=1S/C33H29N3O6/c1-20-14-15-25-24(16-20)29(21-10-6-5-7-11-21)30(35-25)32(37)36-34-19-22-12-8-9-13-26(22)42-33(38)23-17-27(39-2)31(41-4)28(18-23)40-3/h5-19,35H,1-4H3,(H,36,37). The number of aromatic nitrogens is 1. The Balaban J connectivity index is 1.38. The van der Waals surface area contributed by atoms with Gasteiger partial charge in [0, 0.05) is 22.0 Å². The van der Waals surface area contributed by atoms with E-state index in [4.69, 9.17) is 18.9 Å². The molecule has 0 fully saturated rings. The lowest BCUT2D eigenvalue weighted by Gasteiger charge is -2.14. The Kier molecular flexibility index (Phi) is 8.19. The molecule has 212 valence electrons. The SMILES string of the molecule is COc1cc(C(=O)Oc2ccccc2C=NNC(=O)c2[nH]c3ccc(C)cc3c2-c2ccccc2)cc(OC)c1OC. The molecule has 1 aromatic heterocycles. The fraction of sp³-hybridized carbons (Fsp3) is 0.121. The van der Waals surface area contributed by atoms with E-state index in [1.54, 1.807) is 24.3 Å². The van der Waals surface area contributed by atoms with Gasteiger partial charge in [-0.15, -0.1) is 0 Å². The summed E-state index contributed by atoms with van der Waals surface area (Å²) >= 11 is 0. The van der Waals surface area contributed by atoms with Crippen LogP contribution in [0.3, 0.4) is 0 Å². The summed E-state index contributed by atoms with van der Waals surface area (Å²) in [5.41, 5.74) is 7.30. The van der Waals surface area contributed by atoms with Gasteiger partial charge in [-0.2, -0.15) is 5.10 Å². The monoisotopic (exact) mass is 563 g/mol. The van der Waals surface area contributed by atoms with Gasteiger partial charge in [-0.3, -0.25) is 4.79 Å². The Hall–Kier alpha value is -5.57. The Morgan fingerprint density at radius 1 is 0.810 bits per heavy atom. The van der Waals surface area contributed by atoms with Crippen LogP contribution in [-0.4, -0.2) is 44.4 Å². The Morgan fingerprint density at radius 3 is 2.19 bits per heavy atom. The van der Waals surface area contributed by atoms with Crippen molar-refractivity contribution in [1.29, 1.82) is 0 Å². The van der Waals surface area contributed by atoms with E-state index < -0.39 is 11.9 Å². The van der Waals surface area contributed by atoms with Crippen molar-refractivity contribution in [2.75, 3.05) is 21.3 Å². The van der Waals surface area contributed by atoms with E-state index in [1.165, 1.54) is 39.7 Å². The number of methoxy groups -OCH3 is 3. The van der Waals surface area contributed by atoms with Crippen LogP contribution >= 0.6 is 0 Å². The normalized spacial score (nSPS) is 11.0.